The normalized spacial score (nSPS) is 18.4. The van der Waals surface area contributed by atoms with Crippen LogP contribution in [0, 0.1) is 0 Å². The predicted molar refractivity (Wildman–Crippen MR) is 34.9 cm³/mol. The highest BCUT2D eigenvalue weighted by molar-refractivity contribution is 6.19. The van der Waals surface area contributed by atoms with Crippen LogP contribution in [0.1, 0.15) is 0 Å². The molecule has 0 spiro atoms. The summed E-state index contributed by atoms with van der Waals surface area (Å²) in [6.45, 7) is 0. The summed E-state index contributed by atoms with van der Waals surface area (Å²) >= 11 is 0. The topological polar surface area (TPSA) is 54.4 Å². The van der Waals surface area contributed by atoms with Crippen molar-refractivity contribution in [3.8, 4) is 0 Å². The van der Waals surface area contributed by atoms with E-state index < -0.39 is 29.1 Å². The van der Waals surface area contributed by atoms with Crippen LogP contribution in [-0.2, 0) is 9.59 Å². The smallest absolute Gasteiger partial charge is 0.423 e. The minimum atomic E-state index is -5.00. The Balaban J connectivity index is 3.26. The maximum atomic E-state index is 12.0. The summed E-state index contributed by atoms with van der Waals surface area (Å²) in [5.41, 5.74) is -1.81. The van der Waals surface area contributed by atoms with Gasteiger partial charge in [0.1, 0.15) is 5.57 Å². The molecule has 0 radical (unpaired) electrons. The van der Waals surface area contributed by atoms with Crippen molar-refractivity contribution in [1.82, 2.24) is 0 Å². The lowest BCUT2D eigenvalue weighted by atomic mass is 10.0. The van der Waals surface area contributed by atoms with Crippen LogP contribution in [0.2, 0.25) is 0 Å². The number of halogens is 3. The van der Waals surface area contributed by atoms with Gasteiger partial charge in [0.2, 0.25) is 5.78 Å². The molecule has 0 heterocycles. The Morgan fingerprint density at radius 2 is 1.54 bits per heavy atom. The SMILES string of the molecule is O=C1C=CC(=O)C(C(F)(F)F)=C1O. The van der Waals surface area contributed by atoms with E-state index in [2.05, 4.69) is 0 Å². The number of allylic oxidation sites excluding steroid dienone is 3. The van der Waals surface area contributed by atoms with Crippen molar-refractivity contribution >= 4 is 11.6 Å². The number of carbonyl (C=O) groups excluding carboxylic acids is 2. The van der Waals surface area contributed by atoms with E-state index in [0.29, 0.717) is 12.2 Å². The first kappa shape index (κ1) is 9.50. The van der Waals surface area contributed by atoms with E-state index in [1.54, 1.807) is 0 Å². The first-order valence-corrected chi connectivity index (χ1v) is 3.11. The van der Waals surface area contributed by atoms with Gasteiger partial charge in [-0.1, -0.05) is 0 Å². The number of rotatable bonds is 0. The van der Waals surface area contributed by atoms with Crippen molar-refractivity contribution in [3.05, 3.63) is 23.5 Å². The number of aliphatic hydroxyl groups is 1. The molecule has 0 saturated heterocycles. The Bertz CT molecular complexity index is 335. The van der Waals surface area contributed by atoms with Crippen LogP contribution in [0.3, 0.4) is 0 Å². The third kappa shape index (κ3) is 1.61. The van der Waals surface area contributed by atoms with Crippen molar-refractivity contribution in [2.24, 2.45) is 0 Å². The number of ketones is 2. The highest BCUT2D eigenvalue weighted by Crippen LogP contribution is 2.30. The van der Waals surface area contributed by atoms with Gasteiger partial charge >= 0.3 is 6.18 Å². The molecule has 3 nitrogen and oxygen atoms in total. The maximum absolute atomic E-state index is 12.0. The minimum Gasteiger partial charge on any atom is -0.504 e. The van der Waals surface area contributed by atoms with Crippen LogP contribution in [0.5, 0.6) is 0 Å². The van der Waals surface area contributed by atoms with Crippen molar-refractivity contribution in [1.29, 1.82) is 0 Å². The molecule has 0 aliphatic heterocycles. The van der Waals surface area contributed by atoms with Gasteiger partial charge in [-0.15, -0.1) is 0 Å². The van der Waals surface area contributed by atoms with Gasteiger partial charge in [-0.25, -0.2) is 0 Å². The summed E-state index contributed by atoms with van der Waals surface area (Å²) in [4.78, 5) is 21.2. The molecule has 0 saturated carbocycles. The van der Waals surface area contributed by atoms with Gasteiger partial charge in [-0.2, -0.15) is 13.2 Å². The van der Waals surface area contributed by atoms with E-state index in [1.807, 2.05) is 0 Å². The van der Waals surface area contributed by atoms with Crippen molar-refractivity contribution in [2.75, 3.05) is 0 Å². The average molecular weight is 192 g/mol. The average Bonchev–Trinajstić information content (AvgIpc) is 1.95. The summed E-state index contributed by atoms with van der Waals surface area (Å²) in [7, 11) is 0. The van der Waals surface area contributed by atoms with E-state index in [4.69, 9.17) is 5.11 Å². The second-order valence-corrected chi connectivity index (χ2v) is 2.28. The fraction of sp³-hybridized carbons (Fsp3) is 0.143. The van der Waals surface area contributed by atoms with E-state index in [9.17, 15) is 22.8 Å². The lowest BCUT2D eigenvalue weighted by Gasteiger charge is -2.12. The molecule has 1 N–H and O–H groups in total. The molecule has 0 atom stereocenters. The molecule has 0 aromatic heterocycles. The highest BCUT2D eigenvalue weighted by Gasteiger charge is 2.43. The van der Waals surface area contributed by atoms with Gasteiger partial charge in [0, 0.05) is 0 Å². The fourth-order valence-corrected chi connectivity index (χ4v) is 0.827. The molecule has 1 aliphatic carbocycles. The number of alkyl halides is 3. The van der Waals surface area contributed by atoms with E-state index in [1.165, 1.54) is 0 Å². The number of carbonyl (C=O) groups is 2. The van der Waals surface area contributed by atoms with E-state index >= 15 is 0 Å². The van der Waals surface area contributed by atoms with Crippen molar-refractivity contribution in [2.45, 2.75) is 6.18 Å². The van der Waals surface area contributed by atoms with Gasteiger partial charge in [0.25, 0.3) is 0 Å². The van der Waals surface area contributed by atoms with Crippen LogP contribution < -0.4 is 0 Å². The number of hydrogen-bond acceptors (Lipinski definition) is 3. The molecule has 70 valence electrons. The van der Waals surface area contributed by atoms with Crippen LogP contribution in [0.25, 0.3) is 0 Å². The summed E-state index contributed by atoms with van der Waals surface area (Å²) in [5, 5.41) is 8.68. The Morgan fingerprint density at radius 1 is 1.08 bits per heavy atom. The standard InChI is InChI=1S/C7H3F3O3/c8-7(9,10)5-3(11)1-2-4(12)6(5)13/h1-2,13H. The number of aliphatic hydroxyl groups excluding tert-OH is 1. The molecule has 0 amide bonds. The van der Waals surface area contributed by atoms with Crippen LogP contribution in [0.4, 0.5) is 13.2 Å². The Labute approximate surface area is 70.2 Å². The fourth-order valence-electron chi connectivity index (χ4n) is 0.827. The lowest BCUT2D eigenvalue weighted by molar-refractivity contribution is -0.130. The Hall–Kier alpha value is -1.59. The molecule has 1 rings (SSSR count). The molecule has 6 heteroatoms. The second-order valence-electron chi connectivity index (χ2n) is 2.28. The third-order valence-electron chi connectivity index (χ3n) is 1.39. The zero-order valence-electron chi connectivity index (χ0n) is 6.05. The molecule has 0 bridgehead atoms. The minimum absolute atomic E-state index is 0.477. The lowest BCUT2D eigenvalue weighted by Crippen LogP contribution is -2.26. The van der Waals surface area contributed by atoms with Crippen LogP contribution in [-0.4, -0.2) is 22.8 Å². The molecular weight excluding hydrogens is 189 g/mol. The van der Waals surface area contributed by atoms with Crippen LogP contribution in [0.15, 0.2) is 23.5 Å². The highest BCUT2D eigenvalue weighted by atomic mass is 19.4. The Morgan fingerprint density at radius 3 is 1.92 bits per heavy atom. The molecule has 0 aromatic carbocycles. The predicted octanol–water partition coefficient (Wildman–Crippen LogP) is 1.07. The maximum Gasteiger partial charge on any atom is 0.423 e. The van der Waals surface area contributed by atoms with Gasteiger partial charge in [0.05, 0.1) is 0 Å². The quantitative estimate of drug-likeness (QED) is 0.584. The van der Waals surface area contributed by atoms with Crippen LogP contribution >= 0.6 is 0 Å². The van der Waals surface area contributed by atoms with E-state index in [0.717, 1.165) is 0 Å². The third-order valence-corrected chi connectivity index (χ3v) is 1.39. The summed E-state index contributed by atoms with van der Waals surface area (Å²) in [6.07, 6.45) is -3.93. The zero-order valence-corrected chi connectivity index (χ0v) is 6.05. The monoisotopic (exact) mass is 192 g/mol. The molecule has 0 unspecified atom stereocenters. The largest absolute Gasteiger partial charge is 0.504 e. The summed E-state index contributed by atoms with van der Waals surface area (Å²) in [6, 6.07) is 0. The molecule has 0 aromatic rings. The number of hydrogen-bond donors (Lipinski definition) is 1. The van der Waals surface area contributed by atoms with Gasteiger partial charge in [-0.3, -0.25) is 9.59 Å². The van der Waals surface area contributed by atoms with Crippen molar-refractivity contribution < 1.29 is 27.9 Å². The first-order valence-electron chi connectivity index (χ1n) is 3.11. The second kappa shape index (κ2) is 2.72. The molecule has 0 fully saturated rings. The molecule has 1 aliphatic rings. The van der Waals surface area contributed by atoms with Gasteiger partial charge in [-0.05, 0) is 12.2 Å². The molecule has 13 heavy (non-hydrogen) atoms. The zero-order chi connectivity index (χ0) is 10.2. The van der Waals surface area contributed by atoms with E-state index in [-0.39, 0.29) is 0 Å². The van der Waals surface area contributed by atoms with Gasteiger partial charge in [0.15, 0.2) is 11.5 Å². The Kier molecular flexibility index (Phi) is 1.99. The summed E-state index contributed by atoms with van der Waals surface area (Å²) < 4.78 is 36.0. The van der Waals surface area contributed by atoms with Crippen molar-refractivity contribution in [3.63, 3.8) is 0 Å². The van der Waals surface area contributed by atoms with Gasteiger partial charge < -0.3 is 5.11 Å². The summed E-state index contributed by atoms with van der Waals surface area (Å²) in [5.74, 6) is -4.17. The first-order chi connectivity index (χ1) is 5.84. The molecular formula is C7H3F3O3.